The Morgan fingerprint density at radius 1 is 1.32 bits per heavy atom. The largest absolute Gasteiger partial charge is 0.468 e. The van der Waals surface area contributed by atoms with Gasteiger partial charge in [-0.3, -0.25) is 0 Å². The third-order valence-corrected chi connectivity index (χ3v) is 3.39. The van der Waals surface area contributed by atoms with Crippen LogP contribution in [0.15, 0.2) is 41.9 Å². The molecule has 0 bridgehead atoms. The highest BCUT2D eigenvalue weighted by molar-refractivity contribution is 5.39. The molecule has 19 heavy (non-hydrogen) atoms. The molecule has 1 aliphatic rings. The van der Waals surface area contributed by atoms with Gasteiger partial charge in [-0.1, -0.05) is 30.3 Å². The molecule has 0 fully saturated rings. The fourth-order valence-corrected chi connectivity index (χ4v) is 2.28. The van der Waals surface area contributed by atoms with Gasteiger partial charge in [0.1, 0.15) is 11.6 Å². The lowest BCUT2D eigenvalue weighted by Gasteiger charge is -2.37. The third kappa shape index (κ3) is 2.56. The first-order chi connectivity index (χ1) is 9.13. The van der Waals surface area contributed by atoms with Crippen LogP contribution in [0.25, 0.3) is 0 Å². The molecule has 0 spiro atoms. The second-order valence-corrected chi connectivity index (χ2v) is 4.62. The van der Waals surface area contributed by atoms with Gasteiger partial charge in [-0.15, -0.1) is 0 Å². The Morgan fingerprint density at radius 3 is 2.53 bits per heavy atom. The van der Waals surface area contributed by atoms with Gasteiger partial charge in [0.2, 0.25) is 5.79 Å². The van der Waals surface area contributed by atoms with Crippen LogP contribution < -0.4 is 0 Å². The van der Waals surface area contributed by atoms with Crippen molar-refractivity contribution in [3.05, 3.63) is 47.4 Å². The Bertz CT molecular complexity index is 518. The van der Waals surface area contributed by atoms with Crippen molar-refractivity contribution in [1.82, 2.24) is 0 Å². The fourth-order valence-electron chi connectivity index (χ4n) is 2.28. The molecular formula is C15H17NO3. The molecule has 2 unspecified atom stereocenters. The van der Waals surface area contributed by atoms with Crippen LogP contribution >= 0.6 is 0 Å². The van der Waals surface area contributed by atoms with E-state index in [0.717, 1.165) is 5.56 Å². The van der Waals surface area contributed by atoms with E-state index >= 15 is 0 Å². The van der Waals surface area contributed by atoms with Crippen LogP contribution in [0.2, 0.25) is 0 Å². The van der Waals surface area contributed by atoms with Crippen molar-refractivity contribution >= 4 is 0 Å². The standard InChI is InChI=1S/C15H17NO3/c1-15(18-3)9-12(11-7-5-4-6-8-11)13(10-16)14(17-2)19-15/h4-8,12H,9H2,1-3H3. The number of nitriles is 1. The van der Waals surface area contributed by atoms with Gasteiger partial charge in [0.05, 0.1) is 7.11 Å². The average molecular weight is 259 g/mol. The Balaban J connectivity index is 2.48. The predicted octanol–water partition coefficient (Wildman–Crippen LogP) is 2.93. The summed E-state index contributed by atoms with van der Waals surface area (Å²) < 4.78 is 16.2. The molecule has 1 aliphatic heterocycles. The minimum absolute atomic E-state index is 0.0835. The molecule has 4 heteroatoms. The first kappa shape index (κ1) is 13.4. The summed E-state index contributed by atoms with van der Waals surface area (Å²) in [6.07, 6.45) is 0.573. The van der Waals surface area contributed by atoms with E-state index in [-0.39, 0.29) is 11.9 Å². The van der Waals surface area contributed by atoms with Gasteiger partial charge in [-0.25, -0.2) is 0 Å². The summed E-state index contributed by atoms with van der Waals surface area (Å²) in [6.45, 7) is 1.84. The minimum Gasteiger partial charge on any atom is -0.468 e. The topological polar surface area (TPSA) is 51.5 Å². The van der Waals surface area contributed by atoms with Crippen LogP contribution in [0.3, 0.4) is 0 Å². The lowest BCUT2D eigenvalue weighted by Crippen LogP contribution is -2.37. The molecule has 1 aromatic rings. The highest BCUT2D eigenvalue weighted by atomic mass is 16.8. The van der Waals surface area contributed by atoms with E-state index < -0.39 is 5.79 Å². The maximum atomic E-state index is 9.36. The molecule has 0 saturated heterocycles. The predicted molar refractivity (Wildman–Crippen MR) is 69.9 cm³/mol. The second kappa shape index (κ2) is 5.33. The number of methoxy groups -OCH3 is 2. The van der Waals surface area contributed by atoms with Gasteiger partial charge >= 0.3 is 0 Å². The van der Waals surface area contributed by atoms with E-state index in [2.05, 4.69) is 6.07 Å². The minimum atomic E-state index is -0.786. The first-order valence-corrected chi connectivity index (χ1v) is 6.11. The Hall–Kier alpha value is -1.99. The van der Waals surface area contributed by atoms with Gasteiger partial charge in [0.15, 0.2) is 0 Å². The van der Waals surface area contributed by atoms with E-state index in [1.165, 1.54) is 7.11 Å². The van der Waals surface area contributed by atoms with Gasteiger partial charge in [-0.05, 0) is 5.56 Å². The summed E-state index contributed by atoms with van der Waals surface area (Å²) in [5.74, 6) is -0.626. The van der Waals surface area contributed by atoms with E-state index in [4.69, 9.17) is 14.2 Å². The lowest BCUT2D eigenvalue weighted by atomic mass is 9.84. The summed E-state index contributed by atoms with van der Waals surface area (Å²) in [6, 6.07) is 12.0. The number of allylic oxidation sites excluding steroid dienone is 1. The maximum Gasteiger partial charge on any atom is 0.296 e. The Labute approximate surface area is 113 Å². The van der Waals surface area contributed by atoms with Crippen LogP contribution in [0.1, 0.15) is 24.8 Å². The van der Waals surface area contributed by atoms with Crippen molar-refractivity contribution in [1.29, 1.82) is 5.26 Å². The summed E-state index contributed by atoms with van der Waals surface area (Å²) in [7, 11) is 3.09. The SMILES string of the molecule is COC1=C(C#N)C(c2ccccc2)CC(C)(OC)O1. The van der Waals surface area contributed by atoms with Gasteiger partial charge in [0, 0.05) is 26.4 Å². The quantitative estimate of drug-likeness (QED) is 0.837. The van der Waals surface area contributed by atoms with Crippen LogP contribution in [-0.2, 0) is 14.2 Å². The molecule has 4 nitrogen and oxygen atoms in total. The molecule has 2 rings (SSSR count). The molecule has 2 atom stereocenters. The van der Waals surface area contributed by atoms with E-state index in [1.54, 1.807) is 7.11 Å². The number of benzene rings is 1. The molecule has 0 aliphatic carbocycles. The molecule has 0 aromatic heterocycles. The van der Waals surface area contributed by atoms with Crippen LogP contribution in [-0.4, -0.2) is 20.0 Å². The highest BCUT2D eigenvalue weighted by Gasteiger charge is 2.40. The van der Waals surface area contributed by atoms with E-state index in [1.807, 2.05) is 37.3 Å². The summed E-state index contributed by atoms with van der Waals surface area (Å²) in [4.78, 5) is 0. The van der Waals surface area contributed by atoms with Crippen molar-refractivity contribution in [3.63, 3.8) is 0 Å². The smallest absolute Gasteiger partial charge is 0.296 e. The molecule has 0 saturated carbocycles. The molecule has 0 radical (unpaired) electrons. The van der Waals surface area contributed by atoms with Gasteiger partial charge in [-0.2, -0.15) is 5.26 Å². The first-order valence-electron chi connectivity index (χ1n) is 6.11. The maximum absolute atomic E-state index is 9.36. The molecule has 1 aromatic carbocycles. The van der Waals surface area contributed by atoms with E-state index in [0.29, 0.717) is 12.0 Å². The van der Waals surface area contributed by atoms with Gasteiger partial charge in [0.25, 0.3) is 5.95 Å². The number of rotatable bonds is 3. The highest BCUT2D eigenvalue weighted by Crippen LogP contribution is 2.41. The molecule has 0 amide bonds. The Kier molecular flexibility index (Phi) is 3.77. The zero-order chi connectivity index (χ0) is 13.9. The molecule has 100 valence electrons. The zero-order valence-corrected chi connectivity index (χ0v) is 11.3. The molecule has 0 N–H and O–H groups in total. The number of nitrogens with zero attached hydrogens (tertiary/aromatic N) is 1. The second-order valence-electron chi connectivity index (χ2n) is 4.62. The monoisotopic (exact) mass is 259 g/mol. The number of hydrogen-bond acceptors (Lipinski definition) is 4. The third-order valence-electron chi connectivity index (χ3n) is 3.39. The van der Waals surface area contributed by atoms with Crippen LogP contribution in [0.5, 0.6) is 0 Å². The molecule has 1 heterocycles. The van der Waals surface area contributed by atoms with Crippen LogP contribution in [0.4, 0.5) is 0 Å². The van der Waals surface area contributed by atoms with Crippen molar-refractivity contribution in [3.8, 4) is 6.07 Å². The van der Waals surface area contributed by atoms with E-state index in [9.17, 15) is 5.26 Å². The summed E-state index contributed by atoms with van der Waals surface area (Å²) in [5, 5.41) is 9.36. The fraction of sp³-hybridized carbons (Fsp3) is 0.400. The zero-order valence-electron chi connectivity index (χ0n) is 11.3. The number of hydrogen-bond donors (Lipinski definition) is 0. The van der Waals surface area contributed by atoms with Crippen molar-refractivity contribution < 1.29 is 14.2 Å². The normalized spacial score (nSPS) is 26.5. The van der Waals surface area contributed by atoms with Crippen LogP contribution in [0, 0.1) is 11.3 Å². The van der Waals surface area contributed by atoms with Crippen molar-refractivity contribution in [2.75, 3.05) is 14.2 Å². The summed E-state index contributed by atoms with van der Waals surface area (Å²) in [5.41, 5.74) is 1.56. The van der Waals surface area contributed by atoms with Crippen molar-refractivity contribution in [2.24, 2.45) is 0 Å². The average Bonchev–Trinajstić information content (AvgIpc) is 2.47. The molecular weight excluding hydrogens is 242 g/mol. The van der Waals surface area contributed by atoms with Crippen molar-refractivity contribution in [2.45, 2.75) is 25.0 Å². The summed E-state index contributed by atoms with van der Waals surface area (Å²) >= 11 is 0. The lowest BCUT2D eigenvalue weighted by molar-refractivity contribution is -0.224. The van der Waals surface area contributed by atoms with Gasteiger partial charge < -0.3 is 14.2 Å². The Morgan fingerprint density at radius 2 is 2.00 bits per heavy atom. The number of ether oxygens (including phenoxy) is 3.